The molecule has 5 aromatic rings. The predicted molar refractivity (Wildman–Crippen MR) is 137 cm³/mol. The van der Waals surface area contributed by atoms with Crippen molar-refractivity contribution in [2.75, 3.05) is 0 Å². The lowest BCUT2D eigenvalue weighted by atomic mass is 10.0. The molecule has 5 rings (SSSR count). The van der Waals surface area contributed by atoms with E-state index >= 15 is 0 Å². The monoisotopic (exact) mass is 485 g/mol. The van der Waals surface area contributed by atoms with E-state index < -0.39 is 5.91 Å². The van der Waals surface area contributed by atoms with Crippen LogP contribution >= 0.6 is 11.3 Å². The fraction of sp³-hybridized carbons (Fsp3) is 0.192. The van der Waals surface area contributed by atoms with Crippen molar-refractivity contribution in [3.63, 3.8) is 0 Å². The SMILES string of the molecule is CCCn1c(O)c(N=NC(=O)Cn2cnc3sc(C)c(-c4ccccc4)c3c2=O)c2ccccc21. The number of fused-ring (bicyclic) bond motifs is 2. The second kappa shape index (κ2) is 9.27. The standard InChI is InChI=1S/C26H23N5O3S/c1-3-13-31-19-12-8-7-11-18(19)23(26(31)34)29-28-20(32)14-30-15-27-24-22(25(30)33)21(16(2)35-24)17-9-5-4-6-10-17/h4-12,15,34H,3,13-14H2,1-2H3. The van der Waals surface area contributed by atoms with Crippen LogP contribution in [0.4, 0.5) is 5.69 Å². The Kier molecular flexibility index (Phi) is 6.00. The van der Waals surface area contributed by atoms with Crippen LogP contribution in [0.2, 0.25) is 0 Å². The van der Waals surface area contributed by atoms with Gasteiger partial charge in [-0.2, -0.15) is 0 Å². The largest absolute Gasteiger partial charge is 0.493 e. The summed E-state index contributed by atoms with van der Waals surface area (Å²) in [6, 6.07) is 17.1. The van der Waals surface area contributed by atoms with Crippen LogP contribution < -0.4 is 5.56 Å². The first-order chi connectivity index (χ1) is 17.0. The van der Waals surface area contributed by atoms with E-state index in [-0.39, 0.29) is 23.7 Å². The highest BCUT2D eigenvalue weighted by Gasteiger charge is 2.19. The number of carbonyl (C=O) groups excluding carboxylic acids is 1. The van der Waals surface area contributed by atoms with Crippen molar-refractivity contribution in [3.8, 4) is 17.0 Å². The molecule has 0 aliphatic rings. The van der Waals surface area contributed by atoms with E-state index in [0.717, 1.165) is 27.9 Å². The number of nitrogens with zero attached hydrogens (tertiary/aromatic N) is 5. The summed E-state index contributed by atoms with van der Waals surface area (Å²) in [4.78, 5) is 32.0. The van der Waals surface area contributed by atoms with E-state index in [2.05, 4.69) is 15.2 Å². The van der Waals surface area contributed by atoms with E-state index in [1.165, 1.54) is 22.2 Å². The fourth-order valence-electron chi connectivity index (χ4n) is 4.31. The summed E-state index contributed by atoms with van der Waals surface area (Å²) in [7, 11) is 0. The van der Waals surface area contributed by atoms with E-state index in [4.69, 9.17) is 0 Å². The predicted octanol–water partition coefficient (Wildman–Crippen LogP) is 5.81. The van der Waals surface area contributed by atoms with E-state index in [9.17, 15) is 14.7 Å². The molecule has 0 saturated carbocycles. The second-order valence-corrected chi connectivity index (χ2v) is 9.39. The van der Waals surface area contributed by atoms with Gasteiger partial charge in [0.25, 0.3) is 11.5 Å². The number of amides is 1. The van der Waals surface area contributed by atoms with Crippen LogP contribution in [0.15, 0.2) is 75.9 Å². The van der Waals surface area contributed by atoms with Crippen LogP contribution in [0.1, 0.15) is 18.2 Å². The summed E-state index contributed by atoms with van der Waals surface area (Å²) in [5.41, 5.74) is 2.52. The first-order valence-electron chi connectivity index (χ1n) is 11.3. The lowest BCUT2D eigenvalue weighted by Crippen LogP contribution is -2.23. The molecule has 0 radical (unpaired) electrons. The summed E-state index contributed by atoms with van der Waals surface area (Å²) < 4.78 is 3.00. The number of hydrogen-bond donors (Lipinski definition) is 1. The number of aromatic nitrogens is 3. The molecule has 2 aromatic carbocycles. The minimum Gasteiger partial charge on any atom is -0.493 e. The zero-order valence-corrected chi connectivity index (χ0v) is 20.1. The Bertz CT molecular complexity index is 1650. The van der Waals surface area contributed by atoms with Crippen molar-refractivity contribution >= 4 is 44.1 Å². The maximum atomic E-state index is 13.3. The molecule has 3 heterocycles. The summed E-state index contributed by atoms with van der Waals surface area (Å²) in [6.07, 6.45) is 2.20. The number of azo groups is 1. The Morgan fingerprint density at radius 1 is 1.11 bits per heavy atom. The molecule has 0 atom stereocenters. The molecule has 0 saturated heterocycles. The molecule has 1 N–H and O–H groups in total. The van der Waals surface area contributed by atoms with Crippen LogP contribution in [-0.2, 0) is 17.9 Å². The van der Waals surface area contributed by atoms with Crippen molar-refractivity contribution in [2.45, 2.75) is 33.4 Å². The van der Waals surface area contributed by atoms with Gasteiger partial charge in [-0.1, -0.05) is 55.5 Å². The van der Waals surface area contributed by atoms with Gasteiger partial charge >= 0.3 is 0 Å². The molecular formula is C26H23N5O3S. The zero-order valence-electron chi connectivity index (χ0n) is 19.3. The van der Waals surface area contributed by atoms with Gasteiger partial charge in [-0.25, -0.2) is 4.98 Å². The highest BCUT2D eigenvalue weighted by Crippen LogP contribution is 2.39. The third-order valence-corrected chi connectivity index (χ3v) is 6.86. The van der Waals surface area contributed by atoms with Gasteiger partial charge in [0, 0.05) is 22.4 Å². The Morgan fingerprint density at radius 2 is 1.86 bits per heavy atom. The number of hydrogen-bond acceptors (Lipinski definition) is 6. The molecule has 0 aliphatic heterocycles. The Balaban J connectivity index is 1.48. The molecule has 3 aromatic heterocycles. The first kappa shape index (κ1) is 22.7. The van der Waals surface area contributed by atoms with E-state index in [1.54, 1.807) is 4.57 Å². The Labute approximate surface area is 204 Å². The van der Waals surface area contributed by atoms with Crippen molar-refractivity contribution in [1.29, 1.82) is 0 Å². The third kappa shape index (κ3) is 4.04. The van der Waals surface area contributed by atoms with Crippen molar-refractivity contribution in [1.82, 2.24) is 14.1 Å². The number of aryl methyl sites for hydroxylation is 2. The minimum absolute atomic E-state index is 0.0360. The number of rotatable bonds is 6. The Morgan fingerprint density at radius 3 is 2.63 bits per heavy atom. The first-order valence-corrected chi connectivity index (χ1v) is 12.1. The number of benzene rings is 2. The lowest BCUT2D eigenvalue weighted by Gasteiger charge is -2.04. The quantitative estimate of drug-likeness (QED) is 0.306. The molecule has 0 aliphatic carbocycles. The van der Waals surface area contributed by atoms with Crippen molar-refractivity contribution in [3.05, 3.63) is 76.2 Å². The zero-order chi connectivity index (χ0) is 24.5. The van der Waals surface area contributed by atoms with Crippen molar-refractivity contribution in [2.24, 2.45) is 10.2 Å². The fourth-order valence-corrected chi connectivity index (χ4v) is 5.31. The van der Waals surface area contributed by atoms with Gasteiger partial charge in [-0.05, 0) is 25.0 Å². The van der Waals surface area contributed by atoms with Gasteiger partial charge in [-0.3, -0.25) is 14.2 Å². The summed E-state index contributed by atoms with van der Waals surface area (Å²) in [5.74, 6) is -0.653. The van der Waals surface area contributed by atoms with Gasteiger partial charge in [0.15, 0.2) is 5.69 Å². The highest BCUT2D eigenvalue weighted by atomic mass is 32.1. The molecule has 0 unspecified atom stereocenters. The van der Waals surface area contributed by atoms with Gasteiger partial charge < -0.3 is 9.67 Å². The molecule has 1 amide bonds. The minimum atomic E-state index is -0.617. The number of aromatic hydroxyl groups is 1. The summed E-state index contributed by atoms with van der Waals surface area (Å²) >= 11 is 1.45. The van der Waals surface area contributed by atoms with Gasteiger partial charge in [-0.15, -0.1) is 21.6 Å². The van der Waals surface area contributed by atoms with Crippen LogP contribution in [0.5, 0.6) is 5.88 Å². The molecule has 35 heavy (non-hydrogen) atoms. The summed E-state index contributed by atoms with van der Waals surface area (Å²) in [6.45, 7) is 4.28. The molecule has 9 heteroatoms. The van der Waals surface area contributed by atoms with Gasteiger partial charge in [0.1, 0.15) is 11.4 Å². The molecule has 8 nitrogen and oxygen atoms in total. The number of thiophene rings is 1. The molecule has 176 valence electrons. The van der Waals surface area contributed by atoms with Crippen molar-refractivity contribution < 1.29 is 9.90 Å². The van der Waals surface area contributed by atoms with Crippen LogP contribution in [0.3, 0.4) is 0 Å². The third-order valence-electron chi connectivity index (χ3n) is 5.85. The molecular weight excluding hydrogens is 462 g/mol. The van der Waals surface area contributed by atoms with Crippen LogP contribution in [0, 0.1) is 6.92 Å². The lowest BCUT2D eigenvalue weighted by molar-refractivity contribution is -0.118. The maximum Gasteiger partial charge on any atom is 0.284 e. The molecule has 0 fully saturated rings. The Hall–Kier alpha value is -4.11. The highest BCUT2D eigenvalue weighted by molar-refractivity contribution is 7.19. The average molecular weight is 486 g/mol. The van der Waals surface area contributed by atoms with Crippen LogP contribution in [0.25, 0.3) is 32.2 Å². The maximum absolute atomic E-state index is 13.3. The van der Waals surface area contributed by atoms with Gasteiger partial charge in [0.2, 0.25) is 5.88 Å². The van der Waals surface area contributed by atoms with E-state index in [0.29, 0.717) is 22.1 Å². The number of para-hydroxylation sites is 1. The molecule has 0 bridgehead atoms. The summed E-state index contributed by atoms with van der Waals surface area (Å²) in [5, 5.41) is 19.8. The van der Waals surface area contributed by atoms with Gasteiger partial charge in [0.05, 0.1) is 17.2 Å². The topological polar surface area (TPSA) is 102 Å². The normalized spacial score (nSPS) is 11.7. The van der Waals surface area contributed by atoms with Crippen LogP contribution in [-0.4, -0.2) is 25.1 Å². The average Bonchev–Trinajstić information content (AvgIpc) is 3.34. The second-order valence-electron chi connectivity index (χ2n) is 8.19. The molecule has 0 spiro atoms. The smallest absolute Gasteiger partial charge is 0.284 e. The number of carbonyl (C=O) groups is 1. The van der Waals surface area contributed by atoms with E-state index in [1.807, 2.05) is 68.4 Å².